The molecule has 2 nitrogen and oxygen atoms in total. The molecule has 0 aromatic carbocycles. The van der Waals surface area contributed by atoms with E-state index in [4.69, 9.17) is 11.6 Å². The van der Waals surface area contributed by atoms with Crippen LogP contribution in [0.25, 0.3) is 0 Å². The maximum Gasteiger partial charge on any atom is 0.0923 e. The second kappa shape index (κ2) is 3.62. The molecule has 0 saturated carbocycles. The number of hydrogen-bond acceptors (Lipinski definition) is 1. The molecule has 1 unspecified atom stereocenters. The summed E-state index contributed by atoms with van der Waals surface area (Å²) in [4.78, 5) is 7.04. The predicted molar refractivity (Wildman–Crippen MR) is 42.3 cm³/mol. The zero-order valence-corrected chi connectivity index (χ0v) is 6.73. The van der Waals surface area contributed by atoms with E-state index in [1.165, 1.54) is 0 Å². The molecular formula is C7H11ClN2. The van der Waals surface area contributed by atoms with Crippen LogP contribution in [0.4, 0.5) is 0 Å². The first kappa shape index (κ1) is 7.61. The smallest absolute Gasteiger partial charge is 0.0923 e. The number of halogens is 1. The molecule has 10 heavy (non-hydrogen) atoms. The Morgan fingerprint density at radius 3 is 3.10 bits per heavy atom. The van der Waals surface area contributed by atoms with E-state index in [9.17, 15) is 0 Å². The molecule has 1 aromatic heterocycles. The molecular weight excluding hydrogens is 148 g/mol. The molecule has 56 valence electrons. The highest BCUT2D eigenvalue weighted by molar-refractivity contribution is 6.17. The van der Waals surface area contributed by atoms with Crippen LogP contribution in [-0.4, -0.2) is 15.8 Å². The Balaban J connectivity index is 2.50. The van der Waals surface area contributed by atoms with Crippen molar-refractivity contribution in [1.29, 1.82) is 0 Å². The van der Waals surface area contributed by atoms with Gasteiger partial charge in [-0.25, -0.2) is 4.98 Å². The van der Waals surface area contributed by atoms with Gasteiger partial charge in [-0.15, -0.1) is 11.6 Å². The van der Waals surface area contributed by atoms with Crippen LogP contribution >= 0.6 is 11.6 Å². The minimum Gasteiger partial charge on any atom is -0.351 e. The molecule has 3 heteroatoms. The molecule has 0 spiro atoms. The van der Waals surface area contributed by atoms with Gasteiger partial charge >= 0.3 is 0 Å². The summed E-state index contributed by atoms with van der Waals surface area (Å²) in [5.41, 5.74) is 1.10. The molecule has 0 radical (unpaired) electrons. The second-order valence-corrected chi connectivity index (χ2v) is 2.75. The van der Waals surface area contributed by atoms with Crippen molar-refractivity contribution >= 4 is 11.6 Å². The number of nitrogens with one attached hydrogen (secondary N) is 1. The maximum absolute atomic E-state index is 5.58. The highest BCUT2D eigenvalue weighted by Gasteiger charge is 2.04. The summed E-state index contributed by atoms with van der Waals surface area (Å²) in [6.45, 7) is 2.12. The summed E-state index contributed by atoms with van der Waals surface area (Å²) < 4.78 is 0. The zero-order chi connectivity index (χ0) is 7.40. The third-order valence-corrected chi connectivity index (χ3v) is 1.78. The molecule has 0 aliphatic rings. The van der Waals surface area contributed by atoms with Gasteiger partial charge in [0, 0.05) is 18.0 Å². The van der Waals surface area contributed by atoms with E-state index >= 15 is 0 Å². The van der Waals surface area contributed by atoms with Crippen molar-refractivity contribution in [3.8, 4) is 0 Å². The SMILES string of the molecule is CC(CCCl)c1c[nH]cn1. The van der Waals surface area contributed by atoms with Crippen molar-refractivity contribution in [2.45, 2.75) is 19.3 Å². The summed E-state index contributed by atoms with van der Waals surface area (Å²) in [5, 5.41) is 0. The monoisotopic (exact) mass is 158 g/mol. The first-order valence-corrected chi connectivity index (χ1v) is 3.92. The summed E-state index contributed by atoms with van der Waals surface area (Å²) >= 11 is 5.58. The number of hydrogen-bond donors (Lipinski definition) is 1. The lowest BCUT2D eigenvalue weighted by molar-refractivity contribution is 0.717. The maximum atomic E-state index is 5.58. The number of imidazole rings is 1. The van der Waals surface area contributed by atoms with E-state index in [0.29, 0.717) is 11.8 Å². The van der Waals surface area contributed by atoms with Crippen molar-refractivity contribution in [2.75, 3.05) is 5.88 Å². The van der Waals surface area contributed by atoms with Crippen molar-refractivity contribution in [3.05, 3.63) is 18.2 Å². The molecule has 1 atom stereocenters. The second-order valence-electron chi connectivity index (χ2n) is 2.37. The largest absolute Gasteiger partial charge is 0.351 e. The van der Waals surface area contributed by atoms with Gasteiger partial charge in [0.1, 0.15) is 0 Å². The first-order valence-electron chi connectivity index (χ1n) is 3.39. The lowest BCUT2D eigenvalue weighted by Crippen LogP contribution is -1.93. The quantitative estimate of drug-likeness (QED) is 0.671. The normalized spacial score (nSPS) is 13.4. The Kier molecular flexibility index (Phi) is 2.75. The van der Waals surface area contributed by atoms with Crippen LogP contribution in [0, 0.1) is 0 Å². The van der Waals surface area contributed by atoms with Crippen molar-refractivity contribution in [3.63, 3.8) is 0 Å². The van der Waals surface area contributed by atoms with Crippen LogP contribution in [0.3, 0.4) is 0 Å². The third-order valence-electron chi connectivity index (χ3n) is 1.57. The van der Waals surface area contributed by atoms with Gasteiger partial charge in [0.25, 0.3) is 0 Å². The number of alkyl halides is 1. The average molecular weight is 159 g/mol. The number of H-pyrrole nitrogens is 1. The Hall–Kier alpha value is -0.500. The molecule has 0 aliphatic carbocycles. The van der Waals surface area contributed by atoms with Crippen LogP contribution in [0.5, 0.6) is 0 Å². The average Bonchev–Trinajstić information content (AvgIpc) is 2.38. The molecule has 0 aliphatic heterocycles. The summed E-state index contributed by atoms with van der Waals surface area (Å²) in [6, 6.07) is 0. The molecule has 0 fully saturated rings. The number of nitrogens with zero attached hydrogens (tertiary/aromatic N) is 1. The lowest BCUT2D eigenvalue weighted by Gasteiger charge is -2.03. The van der Waals surface area contributed by atoms with Gasteiger partial charge in [0.05, 0.1) is 12.0 Å². The molecule has 1 rings (SSSR count). The standard InChI is InChI=1S/C7H11ClN2/c1-6(2-3-8)7-4-9-5-10-7/h4-6H,2-3H2,1H3,(H,9,10). The summed E-state index contributed by atoms with van der Waals surface area (Å²) in [6.07, 6.45) is 4.60. The van der Waals surface area contributed by atoms with Gasteiger partial charge in [-0.1, -0.05) is 6.92 Å². The van der Waals surface area contributed by atoms with Crippen LogP contribution < -0.4 is 0 Å². The van der Waals surface area contributed by atoms with E-state index in [1.54, 1.807) is 6.33 Å². The first-order chi connectivity index (χ1) is 4.84. The molecule has 0 saturated heterocycles. The van der Waals surface area contributed by atoms with Crippen molar-refractivity contribution < 1.29 is 0 Å². The topological polar surface area (TPSA) is 28.7 Å². The van der Waals surface area contributed by atoms with Gasteiger partial charge < -0.3 is 4.98 Å². The fraction of sp³-hybridized carbons (Fsp3) is 0.571. The van der Waals surface area contributed by atoms with E-state index in [1.807, 2.05) is 6.20 Å². The third kappa shape index (κ3) is 1.74. The molecule has 0 bridgehead atoms. The van der Waals surface area contributed by atoms with Gasteiger partial charge in [0.15, 0.2) is 0 Å². The van der Waals surface area contributed by atoms with Crippen LogP contribution in [0.1, 0.15) is 25.0 Å². The Morgan fingerprint density at radius 1 is 1.80 bits per heavy atom. The highest BCUT2D eigenvalue weighted by Crippen LogP contribution is 2.15. The minimum absolute atomic E-state index is 0.476. The fourth-order valence-electron chi connectivity index (χ4n) is 0.853. The molecule has 1 aromatic rings. The number of aromatic nitrogens is 2. The molecule has 1 N–H and O–H groups in total. The fourth-order valence-corrected chi connectivity index (χ4v) is 1.18. The van der Waals surface area contributed by atoms with E-state index < -0.39 is 0 Å². The van der Waals surface area contributed by atoms with Gasteiger partial charge in [-0.3, -0.25) is 0 Å². The van der Waals surface area contributed by atoms with Crippen LogP contribution in [0.2, 0.25) is 0 Å². The minimum atomic E-state index is 0.476. The highest BCUT2D eigenvalue weighted by atomic mass is 35.5. The number of rotatable bonds is 3. The lowest BCUT2D eigenvalue weighted by atomic mass is 10.1. The molecule has 1 heterocycles. The summed E-state index contributed by atoms with van der Waals surface area (Å²) in [5.74, 6) is 1.18. The Labute approximate surface area is 65.6 Å². The zero-order valence-electron chi connectivity index (χ0n) is 5.97. The van der Waals surface area contributed by atoms with Gasteiger partial charge in [0.2, 0.25) is 0 Å². The Bertz CT molecular complexity index is 172. The predicted octanol–water partition coefficient (Wildman–Crippen LogP) is 2.14. The van der Waals surface area contributed by atoms with Crippen molar-refractivity contribution in [2.24, 2.45) is 0 Å². The van der Waals surface area contributed by atoms with Gasteiger partial charge in [-0.05, 0) is 6.42 Å². The van der Waals surface area contributed by atoms with Crippen LogP contribution in [-0.2, 0) is 0 Å². The van der Waals surface area contributed by atoms with E-state index in [0.717, 1.165) is 12.1 Å². The Morgan fingerprint density at radius 2 is 2.60 bits per heavy atom. The summed E-state index contributed by atoms with van der Waals surface area (Å²) in [7, 11) is 0. The number of aromatic amines is 1. The van der Waals surface area contributed by atoms with Crippen LogP contribution in [0.15, 0.2) is 12.5 Å². The molecule has 0 amide bonds. The van der Waals surface area contributed by atoms with Crippen molar-refractivity contribution in [1.82, 2.24) is 9.97 Å². The van der Waals surface area contributed by atoms with E-state index in [2.05, 4.69) is 16.9 Å². The van der Waals surface area contributed by atoms with Gasteiger partial charge in [-0.2, -0.15) is 0 Å². The van der Waals surface area contributed by atoms with E-state index in [-0.39, 0.29) is 0 Å².